The Balaban J connectivity index is 2.53. The van der Waals surface area contributed by atoms with Crippen LogP contribution in [0.25, 0.3) is 0 Å². The molecule has 0 fully saturated rings. The first-order chi connectivity index (χ1) is 7.53. The number of para-hydroxylation sites is 1. The number of aliphatic hydroxyl groups excluding tert-OH is 1. The third-order valence-electron chi connectivity index (χ3n) is 1.98. The number of nitrogens with two attached hydrogens (primary N) is 1. The molecule has 1 atom stereocenters. The minimum absolute atomic E-state index is 0.0508. The SMILES string of the molecule is CC(O)(CO)CN=C(N)Nc1ccccc1. The van der Waals surface area contributed by atoms with Crippen molar-refractivity contribution < 1.29 is 10.2 Å². The molecule has 5 nitrogen and oxygen atoms in total. The first-order valence-electron chi connectivity index (χ1n) is 4.99. The van der Waals surface area contributed by atoms with Gasteiger partial charge in [-0.2, -0.15) is 0 Å². The van der Waals surface area contributed by atoms with Crippen LogP contribution in [0.4, 0.5) is 5.69 Å². The van der Waals surface area contributed by atoms with Gasteiger partial charge >= 0.3 is 0 Å². The zero-order chi connectivity index (χ0) is 12.0. The van der Waals surface area contributed by atoms with Crippen LogP contribution in [0, 0.1) is 0 Å². The lowest BCUT2D eigenvalue weighted by atomic mass is 10.1. The lowest BCUT2D eigenvalue weighted by Gasteiger charge is -2.17. The molecule has 0 bridgehead atoms. The molecule has 0 amide bonds. The summed E-state index contributed by atoms with van der Waals surface area (Å²) in [5, 5.41) is 21.2. The number of nitrogens with one attached hydrogen (secondary N) is 1. The van der Waals surface area contributed by atoms with Crippen LogP contribution in [0.15, 0.2) is 35.3 Å². The predicted molar refractivity (Wildman–Crippen MR) is 64.3 cm³/mol. The van der Waals surface area contributed by atoms with Gasteiger partial charge in [-0.3, -0.25) is 4.99 Å². The van der Waals surface area contributed by atoms with Crippen molar-refractivity contribution in [3.8, 4) is 0 Å². The van der Waals surface area contributed by atoms with Gasteiger partial charge in [0, 0.05) is 5.69 Å². The molecule has 0 radical (unpaired) electrons. The number of benzene rings is 1. The fourth-order valence-corrected chi connectivity index (χ4v) is 1.01. The summed E-state index contributed by atoms with van der Waals surface area (Å²) in [7, 11) is 0. The van der Waals surface area contributed by atoms with E-state index in [1.807, 2.05) is 30.3 Å². The normalized spacial score (nSPS) is 15.6. The highest BCUT2D eigenvalue weighted by Gasteiger charge is 2.17. The highest BCUT2D eigenvalue weighted by molar-refractivity contribution is 5.92. The van der Waals surface area contributed by atoms with E-state index in [2.05, 4.69) is 10.3 Å². The van der Waals surface area contributed by atoms with Gasteiger partial charge in [0.2, 0.25) is 0 Å². The Morgan fingerprint density at radius 1 is 1.44 bits per heavy atom. The third-order valence-corrected chi connectivity index (χ3v) is 1.98. The van der Waals surface area contributed by atoms with Crippen LogP contribution >= 0.6 is 0 Å². The highest BCUT2D eigenvalue weighted by Crippen LogP contribution is 2.05. The van der Waals surface area contributed by atoms with Crippen LogP contribution < -0.4 is 11.1 Å². The van der Waals surface area contributed by atoms with Gasteiger partial charge in [0.05, 0.1) is 13.2 Å². The molecule has 0 spiro atoms. The quantitative estimate of drug-likeness (QED) is 0.432. The number of aliphatic imine (C=N–C) groups is 1. The molecular formula is C11H17N3O2. The number of aliphatic hydroxyl groups is 2. The zero-order valence-corrected chi connectivity index (χ0v) is 9.22. The summed E-state index contributed by atoms with van der Waals surface area (Å²) in [6.45, 7) is 1.19. The van der Waals surface area contributed by atoms with Gasteiger partial charge in [-0.1, -0.05) is 18.2 Å². The van der Waals surface area contributed by atoms with E-state index in [0.717, 1.165) is 5.69 Å². The molecule has 0 aromatic heterocycles. The van der Waals surface area contributed by atoms with Crippen LogP contribution in [0.3, 0.4) is 0 Å². The first kappa shape index (κ1) is 12.5. The molecular weight excluding hydrogens is 206 g/mol. The van der Waals surface area contributed by atoms with Crippen molar-refractivity contribution in [1.82, 2.24) is 0 Å². The Morgan fingerprint density at radius 2 is 2.06 bits per heavy atom. The summed E-state index contributed by atoms with van der Waals surface area (Å²) in [6.07, 6.45) is 0. The summed E-state index contributed by atoms with van der Waals surface area (Å²) in [5.41, 5.74) is 5.21. The molecule has 5 N–H and O–H groups in total. The van der Waals surface area contributed by atoms with Crippen LogP contribution in [0.2, 0.25) is 0 Å². The molecule has 16 heavy (non-hydrogen) atoms. The highest BCUT2D eigenvalue weighted by atomic mass is 16.3. The van der Waals surface area contributed by atoms with E-state index in [1.165, 1.54) is 6.92 Å². The topological polar surface area (TPSA) is 90.9 Å². The maximum Gasteiger partial charge on any atom is 0.193 e. The lowest BCUT2D eigenvalue weighted by molar-refractivity contribution is 0.0102. The van der Waals surface area contributed by atoms with Crippen molar-refractivity contribution in [2.45, 2.75) is 12.5 Å². The average molecular weight is 223 g/mol. The molecule has 88 valence electrons. The Kier molecular flexibility index (Phi) is 4.28. The van der Waals surface area contributed by atoms with Gasteiger partial charge in [0.15, 0.2) is 5.96 Å². The van der Waals surface area contributed by atoms with E-state index in [0.29, 0.717) is 0 Å². The second-order valence-electron chi connectivity index (χ2n) is 3.85. The lowest BCUT2D eigenvalue weighted by Crippen LogP contribution is -2.34. The van der Waals surface area contributed by atoms with Gasteiger partial charge in [0.25, 0.3) is 0 Å². The minimum Gasteiger partial charge on any atom is -0.393 e. The van der Waals surface area contributed by atoms with Gasteiger partial charge in [-0.15, -0.1) is 0 Å². The van der Waals surface area contributed by atoms with E-state index >= 15 is 0 Å². The van der Waals surface area contributed by atoms with Gasteiger partial charge in [0.1, 0.15) is 5.60 Å². The zero-order valence-electron chi connectivity index (χ0n) is 9.22. The molecule has 1 aromatic rings. The fourth-order valence-electron chi connectivity index (χ4n) is 1.01. The number of nitrogens with zero attached hydrogens (tertiary/aromatic N) is 1. The summed E-state index contributed by atoms with van der Waals surface area (Å²) >= 11 is 0. The number of hydrogen-bond acceptors (Lipinski definition) is 3. The molecule has 0 heterocycles. The fraction of sp³-hybridized carbons (Fsp3) is 0.364. The number of guanidine groups is 1. The Morgan fingerprint density at radius 3 is 2.62 bits per heavy atom. The van der Waals surface area contributed by atoms with E-state index < -0.39 is 5.60 Å². The van der Waals surface area contributed by atoms with Crippen molar-refractivity contribution in [3.05, 3.63) is 30.3 Å². The smallest absolute Gasteiger partial charge is 0.193 e. The number of rotatable bonds is 4. The van der Waals surface area contributed by atoms with Crippen LogP contribution in [0.1, 0.15) is 6.92 Å². The molecule has 0 saturated heterocycles. The predicted octanol–water partition coefficient (Wildman–Crippen LogP) is 0.156. The average Bonchev–Trinajstić information content (AvgIpc) is 2.28. The molecule has 1 aromatic carbocycles. The van der Waals surface area contributed by atoms with E-state index in [4.69, 9.17) is 10.8 Å². The van der Waals surface area contributed by atoms with Crippen molar-refractivity contribution in [2.24, 2.45) is 10.7 Å². The van der Waals surface area contributed by atoms with Gasteiger partial charge < -0.3 is 21.3 Å². The maximum atomic E-state index is 9.50. The van der Waals surface area contributed by atoms with Crippen LogP contribution in [-0.4, -0.2) is 34.9 Å². The standard InChI is InChI=1S/C11H17N3O2/c1-11(16,8-15)7-13-10(12)14-9-5-3-2-4-6-9/h2-6,15-16H,7-8H2,1H3,(H3,12,13,14). The Hall–Kier alpha value is -1.59. The number of anilines is 1. The Bertz CT molecular complexity index is 350. The van der Waals surface area contributed by atoms with Crippen molar-refractivity contribution in [1.29, 1.82) is 0 Å². The molecule has 0 saturated carbocycles. The molecule has 1 unspecified atom stereocenters. The van der Waals surface area contributed by atoms with E-state index in [9.17, 15) is 5.11 Å². The van der Waals surface area contributed by atoms with Crippen molar-refractivity contribution in [3.63, 3.8) is 0 Å². The van der Waals surface area contributed by atoms with E-state index in [-0.39, 0.29) is 19.1 Å². The van der Waals surface area contributed by atoms with Gasteiger partial charge in [-0.05, 0) is 19.1 Å². The van der Waals surface area contributed by atoms with Crippen LogP contribution in [-0.2, 0) is 0 Å². The molecule has 1 rings (SSSR count). The first-order valence-corrected chi connectivity index (χ1v) is 4.99. The second kappa shape index (κ2) is 5.48. The summed E-state index contributed by atoms with van der Waals surface area (Å²) in [4.78, 5) is 3.94. The summed E-state index contributed by atoms with van der Waals surface area (Å²) in [5.74, 6) is 0.208. The number of hydrogen-bond donors (Lipinski definition) is 4. The van der Waals surface area contributed by atoms with Crippen LogP contribution in [0.5, 0.6) is 0 Å². The molecule has 0 aliphatic carbocycles. The largest absolute Gasteiger partial charge is 0.393 e. The maximum absolute atomic E-state index is 9.50. The molecule has 0 aliphatic rings. The van der Waals surface area contributed by atoms with Gasteiger partial charge in [-0.25, -0.2) is 0 Å². The second-order valence-corrected chi connectivity index (χ2v) is 3.85. The van der Waals surface area contributed by atoms with E-state index in [1.54, 1.807) is 0 Å². The van der Waals surface area contributed by atoms with Crippen molar-refractivity contribution in [2.75, 3.05) is 18.5 Å². The molecule has 0 aliphatic heterocycles. The monoisotopic (exact) mass is 223 g/mol. The Labute approximate surface area is 94.6 Å². The molecule has 5 heteroatoms. The minimum atomic E-state index is -1.23. The summed E-state index contributed by atoms with van der Waals surface area (Å²) in [6, 6.07) is 9.35. The van der Waals surface area contributed by atoms with Crippen molar-refractivity contribution >= 4 is 11.6 Å². The third kappa shape index (κ3) is 4.29. The summed E-state index contributed by atoms with van der Waals surface area (Å²) < 4.78 is 0.